The van der Waals surface area contributed by atoms with Crippen molar-refractivity contribution in [2.75, 3.05) is 6.61 Å². The Bertz CT molecular complexity index is 166. The van der Waals surface area contributed by atoms with Gasteiger partial charge in [-0.25, -0.2) is 0 Å². The van der Waals surface area contributed by atoms with Gasteiger partial charge < -0.3 is 10.3 Å². The van der Waals surface area contributed by atoms with Crippen LogP contribution in [0, 0.1) is 5.92 Å². The first-order valence-electron chi connectivity index (χ1n) is 4.48. The van der Waals surface area contributed by atoms with Crippen molar-refractivity contribution >= 4 is 0 Å². The molecule has 0 aliphatic heterocycles. The molecule has 1 aliphatic rings. The van der Waals surface area contributed by atoms with Crippen LogP contribution in [-0.2, 0) is 37.5 Å². The Balaban J connectivity index is 0.00000144. The molecule has 1 aliphatic carbocycles. The van der Waals surface area contributed by atoms with Crippen LogP contribution < -0.4 is 0 Å². The van der Waals surface area contributed by atoms with Gasteiger partial charge in [-0.2, -0.15) is 0 Å². The minimum atomic E-state index is -0.0687. The van der Waals surface area contributed by atoms with E-state index in [4.69, 9.17) is 4.84 Å². The quantitative estimate of drug-likeness (QED) is 0.563. The van der Waals surface area contributed by atoms with Crippen LogP contribution in [0.2, 0.25) is 0 Å². The van der Waals surface area contributed by atoms with Gasteiger partial charge in [0.2, 0.25) is 0 Å². The molecular weight excluding hydrogens is 239 g/mol. The zero-order chi connectivity index (χ0) is 9.19. The topological polar surface area (TPSA) is 23.3 Å². The standard InChI is InChI=1S/C10H18NO.Y/c1-8-5-9(6-8)7-12-11-10(2,3)4;/h9H,1,5-7H2,2-4H3;/q-1;. The van der Waals surface area contributed by atoms with Crippen molar-refractivity contribution in [1.82, 2.24) is 0 Å². The molecule has 0 unspecified atom stereocenters. The Morgan fingerprint density at radius 2 is 2.00 bits per heavy atom. The van der Waals surface area contributed by atoms with Crippen molar-refractivity contribution in [3.63, 3.8) is 0 Å². The van der Waals surface area contributed by atoms with Crippen LogP contribution >= 0.6 is 0 Å². The SMILES string of the molecule is C=C1CC(CO[N-]C(C)(C)C)C1.[Y]. The summed E-state index contributed by atoms with van der Waals surface area (Å²) in [7, 11) is 0. The predicted molar refractivity (Wildman–Crippen MR) is 50.9 cm³/mol. The van der Waals surface area contributed by atoms with Gasteiger partial charge >= 0.3 is 0 Å². The maximum atomic E-state index is 5.23. The third-order valence-electron chi connectivity index (χ3n) is 1.80. The van der Waals surface area contributed by atoms with Gasteiger partial charge in [0, 0.05) is 39.3 Å². The van der Waals surface area contributed by atoms with Crippen molar-refractivity contribution in [1.29, 1.82) is 0 Å². The molecule has 1 saturated carbocycles. The first-order valence-corrected chi connectivity index (χ1v) is 4.48. The maximum Gasteiger partial charge on any atom is 0.0280 e. The number of allylic oxidation sites excluding steroid dienone is 1. The van der Waals surface area contributed by atoms with Crippen molar-refractivity contribution in [2.24, 2.45) is 5.92 Å². The summed E-state index contributed by atoms with van der Waals surface area (Å²) in [5.41, 5.74) is 5.35. The summed E-state index contributed by atoms with van der Waals surface area (Å²) in [6.07, 6.45) is 2.25. The number of hydrogen-bond acceptors (Lipinski definition) is 1. The Kier molecular flexibility index (Phi) is 5.93. The molecule has 1 fully saturated rings. The van der Waals surface area contributed by atoms with Crippen molar-refractivity contribution < 1.29 is 37.5 Å². The molecule has 3 heteroatoms. The molecule has 1 radical (unpaired) electrons. The number of rotatable bonds is 3. The van der Waals surface area contributed by atoms with Gasteiger partial charge in [0.25, 0.3) is 0 Å². The van der Waals surface area contributed by atoms with Crippen molar-refractivity contribution in [3.05, 3.63) is 17.6 Å². The molecule has 13 heavy (non-hydrogen) atoms. The van der Waals surface area contributed by atoms with E-state index < -0.39 is 0 Å². The van der Waals surface area contributed by atoms with Crippen LogP contribution in [0.15, 0.2) is 12.2 Å². The monoisotopic (exact) mass is 257 g/mol. The van der Waals surface area contributed by atoms with E-state index in [-0.39, 0.29) is 38.2 Å². The van der Waals surface area contributed by atoms with Crippen LogP contribution in [0.1, 0.15) is 33.6 Å². The second-order valence-electron chi connectivity index (χ2n) is 4.58. The fourth-order valence-electron chi connectivity index (χ4n) is 1.21. The molecule has 0 spiro atoms. The van der Waals surface area contributed by atoms with E-state index in [1.165, 1.54) is 5.57 Å². The van der Waals surface area contributed by atoms with E-state index in [1.807, 2.05) is 20.8 Å². The fraction of sp³-hybridized carbons (Fsp3) is 0.800. The summed E-state index contributed by atoms with van der Waals surface area (Å²) in [4.78, 5) is 5.23. The first kappa shape index (κ1) is 13.8. The molecule has 0 aromatic rings. The van der Waals surface area contributed by atoms with Crippen LogP contribution in [0.3, 0.4) is 0 Å². The third-order valence-corrected chi connectivity index (χ3v) is 1.80. The molecular formula is C10H18NOY-. The van der Waals surface area contributed by atoms with Crippen LogP contribution in [0.25, 0.3) is 5.48 Å². The molecule has 0 heterocycles. The zero-order valence-corrected chi connectivity index (χ0v) is 11.7. The third kappa shape index (κ3) is 5.95. The zero-order valence-electron chi connectivity index (χ0n) is 8.84. The van der Waals surface area contributed by atoms with Crippen molar-refractivity contribution in [3.8, 4) is 0 Å². The van der Waals surface area contributed by atoms with E-state index >= 15 is 0 Å². The van der Waals surface area contributed by atoms with E-state index in [2.05, 4.69) is 12.1 Å². The Morgan fingerprint density at radius 3 is 2.38 bits per heavy atom. The minimum absolute atomic E-state index is 0. The average molecular weight is 257 g/mol. The number of hydroxylamine groups is 1. The van der Waals surface area contributed by atoms with E-state index in [0.717, 1.165) is 19.4 Å². The molecule has 2 nitrogen and oxygen atoms in total. The summed E-state index contributed by atoms with van der Waals surface area (Å²) in [5, 5.41) is 0. The predicted octanol–water partition coefficient (Wildman–Crippen LogP) is 3.05. The van der Waals surface area contributed by atoms with Gasteiger partial charge in [-0.15, -0.1) is 5.54 Å². The molecule has 0 saturated heterocycles. The largest absolute Gasteiger partial charge is 0.529 e. The van der Waals surface area contributed by atoms with Gasteiger partial charge in [0.05, 0.1) is 0 Å². The van der Waals surface area contributed by atoms with E-state index in [9.17, 15) is 0 Å². The van der Waals surface area contributed by atoms with E-state index in [0.29, 0.717) is 5.92 Å². The van der Waals surface area contributed by atoms with Gasteiger partial charge in [0.15, 0.2) is 0 Å². The number of hydrogen-bond donors (Lipinski definition) is 0. The van der Waals surface area contributed by atoms with Crippen molar-refractivity contribution in [2.45, 2.75) is 39.2 Å². The van der Waals surface area contributed by atoms with Gasteiger partial charge in [-0.1, -0.05) is 32.9 Å². The molecule has 0 aromatic carbocycles. The maximum absolute atomic E-state index is 5.23. The average Bonchev–Trinajstić information content (AvgIpc) is 1.81. The van der Waals surface area contributed by atoms with Crippen LogP contribution in [-0.4, -0.2) is 12.1 Å². The summed E-state index contributed by atoms with van der Waals surface area (Å²) in [6, 6.07) is 0. The Labute approximate surface area is 106 Å². The molecule has 1 rings (SSSR count). The summed E-state index contributed by atoms with van der Waals surface area (Å²) < 4.78 is 0. The Hall–Kier alpha value is 0.764. The second kappa shape index (κ2) is 5.60. The fourth-order valence-corrected chi connectivity index (χ4v) is 1.21. The molecule has 0 N–H and O–H groups in total. The summed E-state index contributed by atoms with van der Waals surface area (Å²) >= 11 is 0. The number of nitrogens with zero attached hydrogens (tertiary/aromatic N) is 1. The van der Waals surface area contributed by atoms with Crippen LogP contribution in [0.4, 0.5) is 0 Å². The summed E-state index contributed by atoms with van der Waals surface area (Å²) in [5.74, 6) is 0.670. The van der Waals surface area contributed by atoms with Gasteiger partial charge in [-0.05, 0) is 18.8 Å². The summed E-state index contributed by atoms with van der Waals surface area (Å²) in [6.45, 7) is 10.7. The minimum Gasteiger partial charge on any atom is -0.529 e. The van der Waals surface area contributed by atoms with E-state index in [1.54, 1.807) is 0 Å². The molecule has 0 amide bonds. The molecule has 0 atom stereocenters. The first-order chi connectivity index (χ1) is 5.47. The van der Waals surface area contributed by atoms with Gasteiger partial charge in [0.1, 0.15) is 0 Å². The molecule has 0 aromatic heterocycles. The molecule has 73 valence electrons. The van der Waals surface area contributed by atoms with Gasteiger partial charge in [-0.3, -0.25) is 0 Å². The second-order valence-corrected chi connectivity index (χ2v) is 4.58. The Morgan fingerprint density at radius 1 is 1.46 bits per heavy atom. The van der Waals surface area contributed by atoms with Crippen LogP contribution in [0.5, 0.6) is 0 Å². The normalized spacial score (nSPS) is 17.9. The smallest absolute Gasteiger partial charge is 0.0280 e. The molecule has 0 bridgehead atoms.